The number of ether oxygens (including phenoxy) is 1. The van der Waals surface area contributed by atoms with Crippen molar-refractivity contribution in [2.45, 2.75) is 23.8 Å². The molecule has 5 heteroatoms. The molecule has 92 valence electrons. The van der Waals surface area contributed by atoms with Crippen molar-refractivity contribution in [3.63, 3.8) is 0 Å². The number of rotatable bonds is 1. The van der Waals surface area contributed by atoms with Crippen LogP contribution in [0.15, 0.2) is 18.2 Å². The first-order valence-electron chi connectivity index (χ1n) is 5.40. The van der Waals surface area contributed by atoms with Crippen LogP contribution in [0, 0.1) is 5.82 Å². The summed E-state index contributed by atoms with van der Waals surface area (Å²) in [5.41, 5.74) is 0.644. The Kier molecular flexibility index (Phi) is 3.56. The van der Waals surface area contributed by atoms with Crippen molar-refractivity contribution in [3.8, 4) is 5.75 Å². The summed E-state index contributed by atoms with van der Waals surface area (Å²) in [4.78, 5) is 13.8. The molecule has 0 saturated carbocycles. The molecule has 2 rings (SSSR count). The van der Waals surface area contributed by atoms with E-state index in [1.165, 1.54) is 12.1 Å². The Morgan fingerprint density at radius 2 is 2.24 bits per heavy atom. The highest BCUT2D eigenvalue weighted by Gasteiger charge is 2.31. The lowest BCUT2D eigenvalue weighted by atomic mass is 10.2. The molecule has 1 unspecified atom stereocenters. The molecule has 0 N–H and O–H groups in total. The normalized spacial score (nSPS) is 19.9. The van der Waals surface area contributed by atoms with Crippen LogP contribution in [0.5, 0.6) is 5.75 Å². The molecular formula is C12H13FINO2. The topological polar surface area (TPSA) is 29.5 Å². The first-order chi connectivity index (χ1) is 8.00. The zero-order chi connectivity index (χ0) is 12.6. The number of hydrogen-bond acceptors (Lipinski definition) is 2. The molecule has 0 aliphatic carbocycles. The van der Waals surface area contributed by atoms with Gasteiger partial charge < -0.3 is 9.64 Å². The fourth-order valence-electron chi connectivity index (χ4n) is 1.84. The van der Waals surface area contributed by atoms with Crippen LogP contribution >= 0.6 is 22.6 Å². The highest BCUT2D eigenvalue weighted by molar-refractivity contribution is 14.1. The molecule has 0 fully saturated rings. The largest absolute Gasteiger partial charge is 0.490 e. The van der Waals surface area contributed by atoms with E-state index in [0.717, 1.165) is 0 Å². The average molecular weight is 349 g/mol. The van der Waals surface area contributed by atoms with Crippen molar-refractivity contribution in [1.29, 1.82) is 0 Å². The third kappa shape index (κ3) is 2.38. The fraction of sp³-hybridized carbons (Fsp3) is 0.417. The van der Waals surface area contributed by atoms with Gasteiger partial charge in [-0.1, -0.05) is 22.6 Å². The van der Waals surface area contributed by atoms with Gasteiger partial charge in [-0.15, -0.1) is 0 Å². The molecule has 0 radical (unpaired) electrons. The quantitative estimate of drug-likeness (QED) is 0.577. The Labute approximate surface area is 113 Å². The Balaban J connectivity index is 2.52. The lowest BCUT2D eigenvalue weighted by Crippen LogP contribution is -2.41. The Bertz CT molecular complexity index is 450. The number of carbonyl (C=O) groups excluding carboxylic acids is 1. The monoisotopic (exact) mass is 349 g/mol. The third-order valence-corrected chi connectivity index (χ3v) is 3.48. The van der Waals surface area contributed by atoms with E-state index in [0.29, 0.717) is 11.4 Å². The molecule has 0 spiro atoms. The van der Waals surface area contributed by atoms with Crippen LogP contribution in [0.3, 0.4) is 0 Å². The number of anilines is 1. The minimum Gasteiger partial charge on any atom is -0.490 e. The zero-order valence-electron chi connectivity index (χ0n) is 9.61. The van der Waals surface area contributed by atoms with Crippen molar-refractivity contribution in [1.82, 2.24) is 0 Å². The number of amides is 1. The van der Waals surface area contributed by atoms with E-state index >= 15 is 0 Å². The van der Waals surface area contributed by atoms with E-state index in [4.69, 9.17) is 4.74 Å². The Morgan fingerprint density at radius 1 is 1.53 bits per heavy atom. The van der Waals surface area contributed by atoms with E-state index in [9.17, 15) is 9.18 Å². The highest BCUT2D eigenvalue weighted by atomic mass is 127. The van der Waals surface area contributed by atoms with Gasteiger partial charge >= 0.3 is 0 Å². The molecule has 1 amide bonds. The van der Waals surface area contributed by atoms with Crippen molar-refractivity contribution >= 4 is 34.2 Å². The zero-order valence-corrected chi connectivity index (χ0v) is 11.8. The van der Waals surface area contributed by atoms with E-state index in [1.807, 2.05) is 13.8 Å². The fourth-order valence-corrected chi connectivity index (χ4v) is 2.32. The maximum atomic E-state index is 13.2. The molecular weight excluding hydrogens is 336 g/mol. The lowest BCUT2D eigenvalue weighted by Gasteiger charge is -2.26. The van der Waals surface area contributed by atoms with Crippen LogP contribution in [-0.2, 0) is 4.79 Å². The summed E-state index contributed by atoms with van der Waals surface area (Å²) in [6, 6.07) is 4.29. The van der Waals surface area contributed by atoms with E-state index in [2.05, 4.69) is 22.6 Å². The summed E-state index contributed by atoms with van der Waals surface area (Å²) in [5.74, 6) is 0.0870. The van der Waals surface area contributed by atoms with Gasteiger partial charge in [0.1, 0.15) is 22.1 Å². The molecule has 0 bridgehead atoms. The Hall–Kier alpha value is -0.850. The first-order valence-corrected chi connectivity index (χ1v) is 6.64. The third-order valence-electron chi connectivity index (χ3n) is 2.59. The van der Waals surface area contributed by atoms with Crippen LogP contribution in [0.1, 0.15) is 13.8 Å². The van der Waals surface area contributed by atoms with E-state index < -0.39 is 0 Å². The van der Waals surface area contributed by atoms with Crippen LogP contribution in [-0.4, -0.2) is 22.5 Å². The molecule has 0 saturated heterocycles. The van der Waals surface area contributed by atoms with Gasteiger partial charge in [-0.05, 0) is 26.0 Å². The first kappa shape index (κ1) is 12.6. The molecule has 3 nitrogen and oxygen atoms in total. The predicted octanol–water partition coefficient (Wildman–Crippen LogP) is 2.76. The van der Waals surface area contributed by atoms with Crippen LogP contribution in [0.4, 0.5) is 10.1 Å². The molecule has 1 aliphatic rings. The molecule has 1 aromatic carbocycles. The number of halogens is 2. The van der Waals surface area contributed by atoms with Gasteiger partial charge in [0.25, 0.3) is 0 Å². The van der Waals surface area contributed by atoms with E-state index in [-0.39, 0.29) is 28.3 Å². The lowest BCUT2D eigenvalue weighted by molar-refractivity contribution is -0.118. The van der Waals surface area contributed by atoms with Crippen LogP contribution in [0.25, 0.3) is 0 Å². The predicted molar refractivity (Wildman–Crippen MR) is 72.3 cm³/mol. The highest BCUT2D eigenvalue weighted by Crippen LogP contribution is 2.34. The number of alkyl halides is 1. The second-order valence-corrected chi connectivity index (χ2v) is 5.70. The van der Waals surface area contributed by atoms with Crippen LogP contribution in [0.2, 0.25) is 0 Å². The number of carbonyl (C=O) groups is 1. The molecule has 0 aromatic heterocycles. The maximum Gasteiger partial charge on any atom is 0.243 e. The van der Waals surface area contributed by atoms with Gasteiger partial charge in [-0.2, -0.15) is 0 Å². The molecule has 1 atom stereocenters. The van der Waals surface area contributed by atoms with Crippen LogP contribution < -0.4 is 9.64 Å². The second-order valence-electron chi connectivity index (χ2n) is 4.19. The van der Waals surface area contributed by atoms with Gasteiger partial charge in [-0.25, -0.2) is 4.39 Å². The number of hydrogen-bond donors (Lipinski definition) is 0. The van der Waals surface area contributed by atoms with Gasteiger partial charge in [0.05, 0.1) is 5.69 Å². The summed E-state index contributed by atoms with van der Waals surface area (Å²) in [6.45, 7) is 4.14. The number of benzene rings is 1. The van der Waals surface area contributed by atoms with Crippen molar-refractivity contribution in [2.24, 2.45) is 0 Å². The summed E-state index contributed by atoms with van der Waals surface area (Å²) >= 11 is 2.05. The van der Waals surface area contributed by atoms with Gasteiger partial charge in [0.2, 0.25) is 5.91 Å². The minimum atomic E-state index is -0.355. The average Bonchev–Trinajstić information content (AvgIpc) is 2.38. The Morgan fingerprint density at radius 3 is 2.88 bits per heavy atom. The second kappa shape index (κ2) is 4.80. The summed E-state index contributed by atoms with van der Waals surface area (Å²) in [6.07, 6.45) is 0. The van der Waals surface area contributed by atoms with Gasteiger partial charge in [0.15, 0.2) is 0 Å². The summed E-state index contributed by atoms with van der Waals surface area (Å²) in [7, 11) is 0. The smallest absolute Gasteiger partial charge is 0.243 e. The molecule has 1 aliphatic heterocycles. The minimum absolute atomic E-state index is 0.00552. The molecule has 1 aromatic rings. The SMILES string of the molecule is CC(C)N1C(=O)C(I)COc2cc(F)ccc21. The van der Waals surface area contributed by atoms with E-state index in [1.54, 1.807) is 11.0 Å². The van der Waals surface area contributed by atoms with Gasteiger partial charge in [0, 0.05) is 12.1 Å². The standard InChI is InChI=1S/C12H13FINO2/c1-7(2)15-10-4-3-8(13)5-11(10)17-6-9(14)12(15)16/h3-5,7,9H,6H2,1-2H3. The van der Waals surface area contributed by atoms with Gasteiger partial charge in [-0.3, -0.25) is 4.79 Å². The summed E-state index contributed by atoms with van der Waals surface area (Å²) in [5, 5.41) is 0. The molecule has 17 heavy (non-hydrogen) atoms. The summed E-state index contributed by atoms with van der Waals surface area (Å²) < 4.78 is 18.4. The molecule has 1 heterocycles. The van der Waals surface area contributed by atoms with Crippen molar-refractivity contribution < 1.29 is 13.9 Å². The maximum absolute atomic E-state index is 13.2. The number of nitrogens with zero attached hydrogens (tertiary/aromatic N) is 1. The van der Waals surface area contributed by atoms with Crippen molar-refractivity contribution in [3.05, 3.63) is 24.0 Å². The number of fused-ring (bicyclic) bond motifs is 1. The van der Waals surface area contributed by atoms with Crippen molar-refractivity contribution in [2.75, 3.05) is 11.5 Å².